The van der Waals surface area contributed by atoms with Gasteiger partial charge >= 0.3 is 0 Å². The molecular weight excluding hydrogens is 799 g/mol. The quantitative estimate of drug-likeness (QED) is 0.0868. The topological polar surface area (TPSA) is 207 Å². The number of aromatic nitrogens is 1. The number of carbonyl (C=O) groups excluding carboxylic acids is 7. The number of amides is 7. The van der Waals surface area contributed by atoms with Crippen molar-refractivity contribution >= 4 is 58.4 Å². The predicted molar refractivity (Wildman–Crippen MR) is 230 cm³/mol. The lowest BCUT2D eigenvalue weighted by atomic mass is 9.85. The number of aryl methyl sites for hydroxylation is 1. The molecule has 4 atom stereocenters. The van der Waals surface area contributed by atoms with Crippen LogP contribution in [0.25, 0.3) is 10.4 Å². The largest absolute Gasteiger partial charge is 0.391 e. The summed E-state index contributed by atoms with van der Waals surface area (Å²) in [5, 5.41) is 21.9. The van der Waals surface area contributed by atoms with E-state index in [4.69, 9.17) is 0 Å². The molecule has 3 aliphatic heterocycles. The van der Waals surface area contributed by atoms with Gasteiger partial charge in [0, 0.05) is 44.6 Å². The molecule has 2 saturated heterocycles. The van der Waals surface area contributed by atoms with Crippen molar-refractivity contribution in [3.05, 3.63) is 70.4 Å². The highest BCUT2D eigenvalue weighted by atomic mass is 32.1. The number of piperidine rings is 1. The number of rotatable bonds is 18. The molecule has 0 radical (unpaired) electrons. The normalized spacial score (nSPS) is 19.5. The van der Waals surface area contributed by atoms with E-state index < -0.39 is 53.3 Å². The number of hydrogen-bond acceptors (Lipinski definition) is 11. The van der Waals surface area contributed by atoms with Crippen molar-refractivity contribution in [2.45, 2.75) is 129 Å². The van der Waals surface area contributed by atoms with Crippen molar-refractivity contribution in [2.75, 3.05) is 18.4 Å². The van der Waals surface area contributed by atoms with Crippen LogP contribution in [0.2, 0.25) is 0 Å². The molecule has 0 saturated carbocycles. The van der Waals surface area contributed by atoms with Crippen LogP contribution in [0.5, 0.6) is 0 Å². The van der Waals surface area contributed by atoms with Gasteiger partial charge in [-0.3, -0.25) is 43.8 Å². The molecule has 5 N–H and O–H groups in total. The number of benzene rings is 2. The molecular formula is C45H57N7O8S. The van der Waals surface area contributed by atoms with Gasteiger partial charge in [-0.25, -0.2) is 4.98 Å². The number of carbonyl (C=O) groups is 7. The molecule has 7 amide bonds. The second kappa shape index (κ2) is 19.9. The first-order valence-corrected chi connectivity index (χ1v) is 22.2. The number of anilines is 1. The van der Waals surface area contributed by atoms with Crippen molar-refractivity contribution in [3.8, 4) is 10.4 Å². The third-order valence-electron chi connectivity index (χ3n) is 11.6. The number of thiazole rings is 1. The highest BCUT2D eigenvalue weighted by Gasteiger charge is 2.46. The molecule has 6 rings (SSSR count). The maximum atomic E-state index is 14.0. The lowest BCUT2D eigenvalue weighted by Crippen LogP contribution is -2.57. The van der Waals surface area contributed by atoms with Crippen molar-refractivity contribution in [1.82, 2.24) is 30.7 Å². The van der Waals surface area contributed by atoms with Gasteiger partial charge in [0.25, 0.3) is 11.8 Å². The van der Waals surface area contributed by atoms with Gasteiger partial charge in [0.2, 0.25) is 29.5 Å². The Labute approximate surface area is 360 Å². The van der Waals surface area contributed by atoms with Crippen LogP contribution in [-0.2, 0) is 30.5 Å². The van der Waals surface area contributed by atoms with Gasteiger partial charge in [-0.05, 0) is 54.9 Å². The number of nitrogens with one attached hydrogen (secondary N) is 4. The van der Waals surface area contributed by atoms with Gasteiger partial charge in [0.1, 0.15) is 18.1 Å². The van der Waals surface area contributed by atoms with E-state index in [9.17, 15) is 38.7 Å². The van der Waals surface area contributed by atoms with Crippen molar-refractivity contribution in [1.29, 1.82) is 0 Å². The molecule has 61 heavy (non-hydrogen) atoms. The Balaban J connectivity index is 0.885. The summed E-state index contributed by atoms with van der Waals surface area (Å²) in [7, 11) is 0. The standard InChI is InChI=1S/C45H57N7O8S/c1-27-38(61-26-48-27)29-18-16-28(17-19-29)24-47-40(56)34-23-30(53)25-51(34)44(60)39(45(2,3)4)49-35(54)15-10-8-6-5-7-9-11-22-46-32-14-12-13-31-37(32)43(59)52(42(31)58)33-20-21-36(55)50-41(33)57/h12-14,16-19,26,30,33-34,39,46,53H,5-11,15,20-25H2,1-4H3,(H,47,56)(H,49,54)(H,50,55,57)/t30-,33?,34+,39-/m1/s1. The molecule has 15 nitrogen and oxygen atoms in total. The van der Waals surface area contributed by atoms with Crippen molar-refractivity contribution in [2.24, 2.45) is 5.41 Å². The maximum Gasteiger partial charge on any atom is 0.264 e. The number of β-amino-alcohol motifs (C(OH)–C–C–N with tert-alkyl or cyclic N) is 1. The summed E-state index contributed by atoms with van der Waals surface area (Å²) in [6.07, 6.45) is 5.91. The summed E-state index contributed by atoms with van der Waals surface area (Å²) in [6.45, 7) is 8.45. The molecule has 326 valence electrons. The minimum absolute atomic E-state index is 0.0124. The van der Waals surface area contributed by atoms with E-state index in [0.717, 1.165) is 65.1 Å². The van der Waals surface area contributed by atoms with E-state index in [1.807, 2.05) is 57.5 Å². The van der Waals surface area contributed by atoms with Crippen LogP contribution in [0.15, 0.2) is 48.0 Å². The number of imide groups is 2. The Bertz CT molecular complexity index is 2130. The van der Waals surface area contributed by atoms with Gasteiger partial charge in [-0.2, -0.15) is 0 Å². The average Bonchev–Trinajstić information content (AvgIpc) is 3.91. The molecule has 2 aromatic carbocycles. The SMILES string of the molecule is Cc1ncsc1-c1ccc(CNC(=O)[C@@H]2C[C@@H](O)CN2C(=O)[C@@H](NC(=O)CCCCCCCCCNc2cccc3c2C(=O)N(C2CCC(=O)NC2=O)C3=O)C(C)(C)C)cc1. The molecule has 1 aromatic heterocycles. The monoisotopic (exact) mass is 855 g/mol. The van der Waals surface area contributed by atoms with Crippen LogP contribution in [0.3, 0.4) is 0 Å². The Morgan fingerprint density at radius 2 is 1.66 bits per heavy atom. The molecule has 1 unspecified atom stereocenters. The minimum atomic E-state index is -1.01. The summed E-state index contributed by atoms with van der Waals surface area (Å²) in [6, 6.07) is 10.2. The third kappa shape index (κ3) is 10.9. The number of aliphatic hydroxyl groups excluding tert-OH is 1. The van der Waals surface area contributed by atoms with Gasteiger partial charge in [-0.1, -0.05) is 83.2 Å². The van der Waals surface area contributed by atoms with Crippen LogP contribution >= 0.6 is 11.3 Å². The van der Waals surface area contributed by atoms with Gasteiger partial charge in [0.15, 0.2) is 0 Å². The first-order valence-electron chi connectivity index (χ1n) is 21.3. The Morgan fingerprint density at radius 3 is 2.33 bits per heavy atom. The average molecular weight is 856 g/mol. The lowest BCUT2D eigenvalue weighted by Gasteiger charge is -2.35. The zero-order valence-electron chi connectivity index (χ0n) is 35.4. The first-order chi connectivity index (χ1) is 29.1. The van der Waals surface area contributed by atoms with Gasteiger partial charge < -0.3 is 26.0 Å². The van der Waals surface area contributed by atoms with Crippen LogP contribution in [0.1, 0.15) is 123 Å². The predicted octanol–water partition coefficient (Wildman–Crippen LogP) is 4.86. The lowest BCUT2D eigenvalue weighted by molar-refractivity contribution is -0.144. The first kappa shape index (κ1) is 45.1. The smallest absolute Gasteiger partial charge is 0.264 e. The summed E-state index contributed by atoms with van der Waals surface area (Å²) in [4.78, 5) is 98.7. The van der Waals surface area contributed by atoms with E-state index in [1.54, 1.807) is 29.5 Å². The van der Waals surface area contributed by atoms with E-state index in [2.05, 4.69) is 26.3 Å². The molecule has 0 aliphatic carbocycles. The van der Waals surface area contributed by atoms with Crippen LogP contribution in [-0.4, -0.2) is 98.6 Å². The molecule has 4 heterocycles. The van der Waals surface area contributed by atoms with E-state index in [0.29, 0.717) is 18.7 Å². The number of hydrogen-bond donors (Lipinski definition) is 5. The van der Waals surface area contributed by atoms with Crippen molar-refractivity contribution in [3.63, 3.8) is 0 Å². The highest BCUT2D eigenvalue weighted by molar-refractivity contribution is 7.13. The second-order valence-electron chi connectivity index (χ2n) is 17.3. The summed E-state index contributed by atoms with van der Waals surface area (Å²) >= 11 is 1.57. The van der Waals surface area contributed by atoms with E-state index in [-0.39, 0.29) is 67.6 Å². The minimum Gasteiger partial charge on any atom is -0.391 e. The fraction of sp³-hybridized carbons (Fsp3) is 0.511. The van der Waals surface area contributed by atoms with E-state index in [1.165, 1.54) is 4.90 Å². The fourth-order valence-electron chi connectivity index (χ4n) is 8.19. The molecule has 3 aromatic rings. The highest BCUT2D eigenvalue weighted by Crippen LogP contribution is 2.33. The number of nitrogens with zero attached hydrogens (tertiary/aromatic N) is 3. The summed E-state index contributed by atoms with van der Waals surface area (Å²) in [5.41, 5.74) is 5.12. The zero-order valence-corrected chi connectivity index (χ0v) is 36.2. The van der Waals surface area contributed by atoms with E-state index >= 15 is 0 Å². The van der Waals surface area contributed by atoms with Gasteiger partial charge in [-0.15, -0.1) is 11.3 Å². The van der Waals surface area contributed by atoms with Crippen LogP contribution in [0, 0.1) is 12.3 Å². The number of likely N-dealkylation sites (tertiary alicyclic amines) is 1. The molecule has 0 spiro atoms. The van der Waals surface area contributed by atoms with Gasteiger partial charge in [0.05, 0.1) is 33.3 Å². The Morgan fingerprint density at radius 1 is 0.951 bits per heavy atom. The fourth-order valence-corrected chi connectivity index (χ4v) is 9.00. The third-order valence-corrected chi connectivity index (χ3v) is 12.6. The van der Waals surface area contributed by atoms with Crippen LogP contribution < -0.4 is 21.3 Å². The van der Waals surface area contributed by atoms with Crippen molar-refractivity contribution < 1.29 is 38.7 Å². The molecule has 16 heteroatoms. The second-order valence-corrected chi connectivity index (χ2v) is 18.1. The van der Waals surface area contributed by atoms with Crippen LogP contribution in [0.4, 0.5) is 5.69 Å². The molecule has 0 bridgehead atoms. The number of aliphatic hydroxyl groups is 1. The zero-order chi connectivity index (χ0) is 43.8. The maximum absolute atomic E-state index is 14.0. The summed E-state index contributed by atoms with van der Waals surface area (Å²) < 4.78 is 0. The summed E-state index contributed by atoms with van der Waals surface area (Å²) in [5.74, 6) is -3.10. The Hall–Kier alpha value is -5.48. The number of fused-ring (bicyclic) bond motifs is 1. The molecule has 3 aliphatic rings. The molecule has 2 fully saturated rings. The number of unbranched alkanes of at least 4 members (excludes halogenated alkanes) is 6. The Kier molecular flexibility index (Phi) is 14.7.